The Morgan fingerprint density at radius 1 is 0.300 bits per heavy atom. The average molecular weight is 809 g/mol. The minimum absolute atomic E-state index is 0.102. The van der Waals surface area contributed by atoms with Crippen molar-refractivity contribution in [1.29, 1.82) is 0 Å². The van der Waals surface area contributed by atoms with Gasteiger partial charge in [0.1, 0.15) is 23.0 Å². The van der Waals surface area contributed by atoms with Crippen molar-refractivity contribution in [2.75, 3.05) is 13.2 Å². The Morgan fingerprint density at radius 3 is 0.950 bits per heavy atom. The first-order valence-corrected chi connectivity index (χ1v) is 23.3. The van der Waals surface area contributed by atoms with Gasteiger partial charge in [-0.1, -0.05) is 129 Å². The highest BCUT2D eigenvalue weighted by Gasteiger charge is 2.29. The molecule has 0 radical (unpaired) electrons. The lowest BCUT2D eigenvalue weighted by Crippen LogP contribution is -2.06. The van der Waals surface area contributed by atoms with E-state index in [-0.39, 0.29) is 23.0 Å². The van der Waals surface area contributed by atoms with Gasteiger partial charge in [0.05, 0.1) is 13.2 Å². The van der Waals surface area contributed by atoms with Gasteiger partial charge in [0, 0.05) is 21.5 Å². The molecule has 0 fully saturated rings. The van der Waals surface area contributed by atoms with Crippen LogP contribution in [0.15, 0.2) is 60.7 Å². The Balaban J connectivity index is 1.25. The van der Waals surface area contributed by atoms with Crippen molar-refractivity contribution in [3.63, 3.8) is 0 Å². The van der Waals surface area contributed by atoms with Crippen molar-refractivity contribution in [3.8, 4) is 34.5 Å². The van der Waals surface area contributed by atoms with Crippen molar-refractivity contribution in [2.24, 2.45) is 0 Å². The molecule has 0 bridgehead atoms. The topological polar surface area (TPSA) is 99.4 Å². The molecule has 8 aromatic rings. The molecule has 0 unspecified atom stereocenters. The van der Waals surface area contributed by atoms with E-state index in [1.165, 1.54) is 103 Å². The van der Waals surface area contributed by atoms with E-state index in [0.717, 1.165) is 101 Å². The van der Waals surface area contributed by atoms with Gasteiger partial charge >= 0.3 is 0 Å². The number of hydrogen-bond donors (Lipinski definition) is 4. The molecule has 0 heterocycles. The first-order valence-electron chi connectivity index (χ1n) is 23.3. The third-order valence-electron chi connectivity index (χ3n) is 13.1. The fourth-order valence-corrected chi connectivity index (χ4v) is 10.1. The molecule has 0 spiro atoms. The number of fused-ring (bicyclic) bond motifs is 7. The molecule has 0 saturated carbocycles. The zero-order valence-corrected chi connectivity index (χ0v) is 35.9. The normalized spacial score (nSPS) is 12.2. The molecule has 0 aliphatic rings. The Bertz CT molecular complexity index is 2510. The number of phenols is 4. The lowest BCUT2D eigenvalue weighted by atomic mass is 9.80. The summed E-state index contributed by atoms with van der Waals surface area (Å²) in [5.41, 5.74) is 0. The molecule has 6 nitrogen and oxygen atoms in total. The molecule has 8 aromatic carbocycles. The SMILES string of the molecule is CCCCCCCCCCCCOc1c(OCCCCCCCCCCCC)c2c3ccc(O)cc3c3cc(O)cc4c5cc(O)cc6c7cc(O)ccc7c1c(c65)c2c34. The number of rotatable bonds is 24. The van der Waals surface area contributed by atoms with Gasteiger partial charge in [0.15, 0.2) is 11.5 Å². The summed E-state index contributed by atoms with van der Waals surface area (Å²) in [6.45, 7) is 5.61. The second-order valence-electron chi connectivity index (χ2n) is 17.5. The van der Waals surface area contributed by atoms with Gasteiger partial charge in [-0.3, -0.25) is 0 Å². The molecule has 0 aromatic heterocycles. The monoisotopic (exact) mass is 808 g/mol. The predicted octanol–water partition coefficient (Wildman–Crippen LogP) is 16.1. The summed E-state index contributed by atoms with van der Waals surface area (Å²) in [4.78, 5) is 0. The van der Waals surface area contributed by atoms with Crippen molar-refractivity contribution in [1.82, 2.24) is 0 Å². The van der Waals surface area contributed by atoms with Gasteiger partial charge < -0.3 is 29.9 Å². The van der Waals surface area contributed by atoms with Gasteiger partial charge in [-0.15, -0.1) is 0 Å². The largest absolute Gasteiger partial charge is 0.508 e. The molecule has 0 amide bonds. The fraction of sp³-hybridized carbons (Fsp3) is 0.444. The van der Waals surface area contributed by atoms with E-state index in [0.29, 0.717) is 24.7 Å². The number of aromatic hydroxyl groups is 4. The minimum Gasteiger partial charge on any atom is -0.508 e. The van der Waals surface area contributed by atoms with E-state index >= 15 is 0 Å². The van der Waals surface area contributed by atoms with E-state index in [1.54, 1.807) is 48.5 Å². The summed E-state index contributed by atoms with van der Waals surface area (Å²) in [5.74, 6) is 1.89. The Kier molecular flexibility index (Phi) is 13.2. The van der Waals surface area contributed by atoms with E-state index < -0.39 is 0 Å². The van der Waals surface area contributed by atoms with Crippen LogP contribution < -0.4 is 9.47 Å². The highest BCUT2D eigenvalue weighted by Crippen LogP contribution is 2.58. The maximum atomic E-state index is 11.3. The maximum Gasteiger partial charge on any atom is 0.170 e. The first kappa shape index (κ1) is 41.6. The number of hydrogen-bond acceptors (Lipinski definition) is 6. The lowest BCUT2D eigenvalue weighted by molar-refractivity contribution is 0.263. The Morgan fingerprint density at radius 2 is 0.600 bits per heavy atom. The van der Waals surface area contributed by atoms with E-state index in [2.05, 4.69) is 13.8 Å². The number of ether oxygens (including phenoxy) is 2. The third kappa shape index (κ3) is 8.32. The number of unbranched alkanes of at least 4 members (excludes halogenated alkanes) is 18. The molecule has 0 aliphatic carbocycles. The average Bonchev–Trinajstić information content (AvgIpc) is 3.24. The molecular formula is C54H64O6. The van der Waals surface area contributed by atoms with Crippen LogP contribution in [0.3, 0.4) is 0 Å². The van der Waals surface area contributed by atoms with Crippen LogP contribution in [0, 0.1) is 0 Å². The van der Waals surface area contributed by atoms with Crippen molar-refractivity contribution < 1.29 is 29.9 Å². The van der Waals surface area contributed by atoms with Crippen LogP contribution in [0.25, 0.3) is 75.4 Å². The zero-order valence-electron chi connectivity index (χ0n) is 35.9. The summed E-state index contributed by atoms with van der Waals surface area (Å²) in [5, 5.41) is 56.9. The highest BCUT2D eigenvalue weighted by atomic mass is 16.5. The van der Waals surface area contributed by atoms with Crippen LogP contribution in [-0.4, -0.2) is 33.6 Å². The number of phenolic OH excluding ortho intramolecular Hbond substituents is 4. The fourth-order valence-electron chi connectivity index (χ4n) is 10.1. The zero-order chi connectivity index (χ0) is 41.6. The van der Waals surface area contributed by atoms with E-state index in [4.69, 9.17) is 9.47 Å². The molecule has 4 N–H and O–H groups in total. The van der Waals surface area contributed by atoms with Gasteiger partial charge in [0.2, 0.25) is 0 Å². The summed E-state index contributed by atoms with van der Waals surface area (Å²) in [6, 6.07) is 18.1. The molecule has 316 valence electrons. The summed E-state index contributed by atoms with van der Waals surface area (Å²) in [7, 11) is 0. The highest BCUT2D eigenvalue weighted by molar-refractivity contribution is 6.49. The maximum absolute atomic E-state index is 11.3. The van der Waals surface area contributed by atoms with Crippen LogP contribution in [0.5, 0.6) is 34.5 Å². The van der Waals surface area contributed by atoms with Gasteiger partial charge in [-0.2, -0.15) is 0 Å². The second kappa shape index (κ2) is 19.1. The Labute approximate surface area is 354 Å². The second-order valence-corrected chi connectivity index (χ2v) is 17.5. The predicted molar refractivity (Wildman–Crippen MR) is 253 cm³/mol. The number of benzene rings is 8. The van der Waals surface area contributed by atoms with Crippen LogP contribution in [0.2, 0.25) is 0 Å². The summed E-state index contributed by atoms with van der Waals surface area (Å²) in [6.07, 6.45) is 24.7. The van der Waals surface area contributed by atoms with Gasteiger partial charge in [0.25, 0.3) is 0 Å². The third-order valence-corrected chi connectivity index (χ3v) is 13.1. The van der Waals surface area contributed by atoms with Crippen molar-refractivity contribution in [2.45, 2.75) is 142 Å². The summed E-state index contributed by atoms with van der Waals surface area (Å²) >= 11 is 0. The molecule has 8 rings (SSSR count). The molecule has 60 heavy (non-hydrogen) atoms. The van der Waals surface area contributed by atoms with Crippen LogP contribution in [0.1, 0.15) is 142 Å². The molecule has 0 atom stereocenters. The van der Waals surface area contributed by atoms with E-state index in [9.17, 15) is 20.4 Å². The molecule has 0 saturated heterocycles. The van der Waals surface area contributed by atoms with Crippen LogP contribution in [0.4, 0.5) is 0 Å². The van der Waals surface area contributed by atoms with Gasteiger partial charge in [-0.25, -0.2) is 0 Å². The smallest absolute Gasteiger partial charge is 0.170 e. The quantitative estimate of drug-likeness (QED) is 0.0276. The van der Waals surface area contributed by atoms with Crippen LogP contribution >= 0.6 is 0 Å². The lowest BCUT2D eigenvalue weighted by Gasteiger charge is -2.26. The summed E-state index contributed by atoms with van der Waals surface area (Å²) < 4.78 is 14.2. The van der Waals surface area contributed by atoms with Crippen molar-refractivity contribution >= 4 is 75.4 Å². The Hall–Kier alpha value is -5.10. The van der Waals surface area contributed by atoms with Gasteiger partial charge in [-0.05, 0) is 127 Å². The first-order chi connectivity index (χ1) is 29.4. The molecule has 0 aliphatic heterocycles. The molecular weight excluding hydrogens is 745 g/mol. The van der Waals surface area contributed by atoms with E-state index in [1.807, 2.05) is 12.1 Å². The standard InChI is InChI=1S/C54H64O6/c1-3-5-7-9-11-13-15-17-19-21-27-59-53-49-39-25-23-35(55)29-41(39)43-31-37(57)33-45-46-34-38(58)32-44-42-30-36(56)24-26-40(42)50(52(48(44)46)51(49)47(43)45)54(53)60-28-22-20-18-16-14-12-10-8-6-4-2/h23-26,29-34,55-58H,3-22,27-28H2,1-2H3. The molecule has 6 heteroatoms. The van der Waals surface area contributed by atoms with Crippen molar-refractivity contribution in [3.05, 3.63) is 60.7 Å². The van der Waals surface area contributed by atoms with Crippen LogP contribution in [-0.2, 0) is 0 Å². The minimum atomic E-state index is 0.102.